The van der Waals surface area contributed by atoms with Crippen LogP contribution in [-0.2, 0) is 0 Å². The number of hydrogen-bond acceptors (Lipinski definition) is 2. The van der Waals surface area contributed by atoms with Gasteiger partial charge >= 0.3 is 0 Å². The van der Waals surface area contributed by atoms with Crippen LogP contribution in [0.2, 0.25) is 0 Å². The van der Waals surface area contributed by atoms with Gasteiger partial charge in [-0.05, 0) is 45.0 Å². The average molecular weight is 249 g/mol. The van der Waals surface area contributed by atoms with E-state index in [1.54, 1.807) is 24.3 Å². The fraction of sp³-hybridized carbons (Fsp3) is 0.533. The normalized spacial score (nSPS) is 22.7. The number of rotatable bonds is 3. The summed E-state index contributed by atoms with van der Waals surface area (Å²) in [6.07, 6.45) is 1.01. The van der Waals surface area contributed by atoms with Crippen molar-refractivity contribution in [2.45, 2.75) is 25.9 Å². The Morgan fingerprint density at radius 1 is 1.50 bits per heavy atom. The number of ketones is 1. The first kappa shape index (κ1) is 13.2. The van der Waals surface area contributed by atoms with Crippen molar-refractivity contribution in [2.24, 2.45) is 5.92 Å². The molecule has 0 N–H and O–H groups in total. The van der Waals surface area contributed by atoms with Crippen LogP contribution in [0.25, 0.3) is 0 Å². The summed E-state index contributed by atoms with van der Waals surface area (Å²) >= 11 is 0. The quantitative estimate of drug-likeness (QED) is 0.766. The monoisotopic (exact) mass is 249 g/mol. The van der Waals surface area contributed by atoms with Gasteiger partial charge in [-0.3, -0.25) is 4.79 Å². The Morgan fingerprint density at radius 2 is 2.28 bits per heavy atom. The lowest BCUT2D eigenvalue weighted by molar-refractivity contribution is 0.101. The molecule has 1 aromatic carbocycles. The van der Waals surface area contributed by atoms with Crippen LogP contribution in [0, 0.1) is 5.92 Å². The third-order valence-corrected chi connectivity index (χ3v) is 3.69. The minimum Gasteiger partial charge on any atom is -0.306 e. The molecular weight excluding hydrogens is 229 g/mol. The molecule has 1 aliphatic rings. The number of benzene rings is 1. The van der Waals surface area contributed by atoms with E-state index in [-0.39, 0.29) is 11.7 Å². The zero-order chi connectivity index (χ0) is 13.1. The molecule has 0 amide bonds. The predicted molar refractivity (Wildman–Crippen MR) is 70.5 cm³/mol. The first-order valence-corrected chi connectivity index (χ1v) is 6.51. The number of halogens is 1. The van der Waals surface area contributed by atoms with Crippen molar-refractivity contribution >= 4 is 5.78 Å². The van der Waals surface area contributed by atoms with Gasteiger partial charge in [0.15, 0.2) is 5.78 Å². The van der Waals surface area contributed by atoms with E-state index in [1.165, 1.54) is 6.92 Å². The van der Waals surface area contributed by atoms with Gasteiger partial charge in [-0.25, -0.2) is 4.39 Å². The van der Waals surface area contributed by atoms with Gasteiger partial charge in [-0.2, -0.15) is 0 Å². The van der Waals surface area contributed by atoms with E-state index in [9.17, 15) is 9.18 Å². The van der Waals surface area contributed by atoms with E-state index in [1.807, 2.05) is 7.05 Å². The largest absolute Gasteiger partial charge is 0.306 e. The Hall–Kier alpha value is -1.22. The molecule has 2 nitrogen and oxygen atoms in total. The number of alkyl halides is 1. The Kier molecular flexibility index (Phi) is 4.12. The van der Waals surface area contributed by atoms with Gasteiger partial charge in [-0.15, -0.1) is 0 Å². The van der Waals surface area contributed by atoms with Gasteiger partial charge in [0.25, 0.3) is 0 Å². The van der Waals surface area contributed by atoms with Crippen molar-refractivity contribution in [3.63, 3.8) is 0 Å². The minimum absolute atomic E-state index is 0.00943. The lowest BCUT2D eigenvalue weighted by atomic mass is 9.89. The van der Waals surface area contributed by atoms with E-state index in [2.05, 4.69) is 4.90 Å². The van der Waals surface area contributed by atoms with Crippen LogP contribution >= 0.6 is 0 Å². The number of carbonyl (C=O) groups is 1. The summed E-state index contributed by atoms with van der Waals surface area (Å²) in [7, 11) is 2.03. The highest BCUT2D eigenvalue weighted by Gasteiger charge is 2.27. The van der Waals surface area contributed by atoms with Crippen molar-refractivity contribution in [3.8, 4) is 0 Å². The van der Waals surface area contributed by atoms with Crippen LogP contribution in [0.3, 0.4) is 0 Å². The number of piperidine rings is 1. The third kappa shape index (κ3) is 2.96. The second kappa shape index (κ2) is 5.61. The maximum atomic E-state index is 14.5. The van der Waals surface area contributed by atoms with Crippen LogP contribution in [0.5, 0.6) is 0 Å². The molecule has 1 aliphatic heterocycles. The number of nitrogens with zero attached hydrogens (tertiary/aromatic N) is 1. The highest BCUT2D eigenvalue weighted by Crippen LogP contribution is 2.32. The molecule has 1 aromatic rings. The first-order valence-electron chi connectivity index (χ1n) is 6.51. The lowest BCUT2D eigenvalue weighted by Gasteiger charge is -2.31. The summed E-state index contributed by atoms with van der Waals surface area (Å²) in [5, 5.41) is 0. The van der Waals surface area contributed by atoms with Crippen LogP contribution in [0.15, 0.2) is 24.3 Å². The van der Waals surface area contributed by atoms with Crippen LogP contribution in [0.1, 0.15) is 41.9 Å². The molecule has 0 bridgehead atoms. The van der Waals surface area contributed by atoms with Crippen molar-refractivity contribution in [3.05, 3.63) is 35.4 Å². The Labute approximate surface area is 108 Å². The van der Waals surface area contributed by atoms with Gasteiger partial charge < -0.3 is 4.90 Å². The van der Waals surface area contributed by atoms with Crippen molar-refractivity contribution < 1.29 is 9.18 Å². The molecule has 0 aromatic heterocycles. The third-order valence-electron chi connectivity index (χ3n) is 3.69. The van der Waals surface area contributed by atoms with E-state index >= 15 is 0 Å². The molecule has 2 rings (SSSR count). The highest BCUT2D eigenvalue weighted by atomic mass is 19.1. The molecule has 18 heavy (non-hydrogen) atoms. The summed E-state index contributed by atoms with van der Waals surface area (Å²) < 4.78 is 14.5. The fourth-order valence-corrected chi connectivity index (χ4v) is 2.65. The smallest absolute Gasteiger partial charge is 0.159 e. The molecule has 1 fully saturated rings. The molecule has 2 unspecified atom stereocenters. The molecule has 0 aliphatic carbocycles. The predicted octanol–water partition coefficient (Wildman–Crippen LogP) is 3.24. The van der Waals surface area contributed by atoms with Gasteiger partial charge in [0.2, 0.25) is 0 Å². The summed E-state index contributed by atoms with van der Waals surface area (Å²) in [5.74, 6) is 0.0378. The number of Topliss-reactive ketones (excluding diaryl/α,β-unsaturated/α-hetero) is 1. The molecule has 3 heteroatoms. The molecule has 98 valence electrons. The van der Waals surface area contributed by atoms with Gasteiger partial charge in [0.05, 0.1) is 0 Å². The molecule has 0 saturated carbocycles. The summed E-state index contributed by atoms with van der Waals surface area (Å²) in [6.45, 7) is 3.36. The summed E-state index contributed by atoms with van der Waals surface area (Å²) in [4.78, 5) is 13.5. The van der Waals surface area contributed by atoms with Gasteiger partial charge in [-0.1, -0.05) is 18.2 Å². The van der Waals surface area contributed by atoms with Crippen LogP contribution in [-0.4, -0.2) is 30.8 Å². The molecular formula is C15H20FNO. The van der Waals surface area contributed by atoms with Crippen molar-refractivity contribution in [1.82, 2.24) is 4.90 Å². The Bertz CT molecular complexity index is 432. The average Bonchev–Trinajstić information content (AvgIpc) is 2.38. The fourth-order valence-electron chi connectivity index (χ4n) is 2.65. The number of hydrogen-bond donors (Lipinski definition) is 0. The first-order chi connectivity index (χ1) is 8.58. The zero-order valence-corrected chi connectivity index (χ0v) is 11.0. The Morgan fingerprint density at radius 3 is 2.94 bits per heavy atom. The van der Waals surface area contributed by atoms with E-state index in [4.69, 9.17) is 0 Å². The lowest BCUT2D eigenvalue weighted by Crippen LogP contribution is -2.34. The number of likely N-dealkylation sites (tertiary alicyclic amines) is 1. The van der Waals surface area contributed by atoms with Crippen LogP contribution in [0.4, 0.5) is 4.39 Å². The van der Waals surface area contributed by atoms with Gasteiger partial charge in [0.1, 0.15) is 6.17 Å². The zero-order valence-electron chi connectivity index (χ0n) is 11.0. The highest BCUT2D eigenvalue weighted by molar-refractivity contribution is 5.94. The van der Waals surface area contributed by atoms with Gasteiger partial charge in [0, 0.05) is 18.0 Å². The van der Waals surface area contributed by atoms with E-state index < -0.39 is 6.17 Å². The number of carbonyl (C=O) groups excluding carboxylic acids is 1. The Balaban J connectivity index is 2.14. The maximum absolute atomic E-state index is 14.5. The molecule has 2 atom stereocenters. The summed E-state index contributed by atoms with van der Waals surface area (Å²) in [5.41, 5.74) is 1.24. The standard InChI is InChI=1S/C15H20FNO/c1-11(18)12-5-3-6-13(9-12)15(16)14-7-4-8-17(2)10-14/h3,5-6,9,14-15H,4,7-8,10H2,1-2H3. The summed E-state index contributed by atoms with van der Waals surface area (Å²) in [6, 6.07) is 6.99. The second-order valence-corrected chi connectivity index (χ2v) is 5.25. The molecule has 1 saturated heterocycles. The minimum atomic E-state index is -0.966. The van der Waals surface area contributed by atoms with Crippen molar-refractivity contribution in [2.75, 3.05) is 20.1 Å². The maximum Gasteiger partial charge on any atom is 0.159 e. The topological polar surface area (TPSA) is 20.3 Å². The molecule has 1 heterocycles. The van der Waals surface area contributed by atoms with Crippen LogP contribution < -0.4 is 0 Å². The van der Waals surface area contributed by atoms with Crippen molar-refractivity contribution in [1.29, 1.82) is 0 Å². The SMILES string of the molecule is CC(=O)c1cccc(C(F)C2CCCN(C)C2)c1. The van der Waals surface area contributed by atoms with E-state index in [0.717, 1.165) is 25.9 Å². The molecule has 0 radical (unpaired) electrons. The second-order valence-electron chi connectivity index (χ2n) is 5.25. The molecule has 0 spiro atoms. The van der Waals surface area contributed by atoms with E-state index in [0.29, 0.717) is 11.1 Å².